The minimum absolute atomic E-state index is 0.186. The second-order valence-electron chi connectivity index (χ2n) is 5.75. The van der Waals surface area contributed by atoms with Crippen LogP contribution in [0.5, 0.6) is 0 Å². The van der Waals surface area contributed by atoms with Crippen molar-refractivity contribution in [3.05, 3.63) is 17.5 Å². The summed E-state index contributed by atoms with van der Waals surface area (Å²) in [6.45, 7) is 1.99. The van der Waals surface area contributed by atoms with Crippen LogP contribution >= 0.6 is 0 Å². The van der Waals surface area contributed by atoms with Crippen LogP contribution in [0.1, 0.15) is 37.1 Å². The van der Waals surface area contributed by atoms with E-state index in [1.807, 2.05) is 0 Å². The lowest BCUT2D eigenvalue weighted by molar-refractivity contribution is -0.161. The monoisotopic (exact) mass is 273 g/mol. The van der Waals surface area contributed by atoms with Gasteiger partial charge in [0.2, 0.25) is 0 Å². The van der Waals surface area contributed by atoms with Gasteiger partial charge < -0.3 is 5.32 Å². The molecule has 2 aliphatic rings. The van der Waals surface area contributed by atoms with Gasteiger partial charge in [0, 0.05) is 0 Å². The third-order valence-corrected chi connectivity index (χ3v) is 4.40. The molecule has 3 rings (SSSR count). The Morgan fingerprint density at radius 3 is 2.53 bits per heavy atom. The second-order valence-corrected chi connectivity index (χ2v) is 5.75. The van der Waals surface area contributed by atoms with Gasteiger partial charge in [-0.25, -0.2) is 0 Å². The lowest BCUT2D eigenvalue weighted by atomic mass is 9.92. The van der Waals surface area contributed by atoms with Crippen molar-refractivity contribution in [1.82, 2.24) is 15.5 Å². The van der Waals surface area contributed by atoms with E-state index < -0.39 is 11.6 Å². The van der Waals surface area contributed by atoms with Gasteiger partial charge in [0.1, 0.15) is 5.41 Å². The van der Waals surface area contributed by atoms with Gasteiger partial charge in [0.15, 0.2) is 0 Å². The molecule has 0 atom stereocenters. The lowest BCUT2D eigenvalue weighted by Gasteiger charge is -2.21. The van der Waals surface area contributed by atoms with Gasteiger partial charge in [-0.3, -0.25) is 5.10 Å². The number of nitrogens with one attached hydrogen (secondary N) is 2. The quantitative estimate of drug-likeness (QED) is 0.888. The molecular formula is C13H18F3N3. The Bertz CT molecular complexity index is 442. The number of aromatic amines is 1. The van der Waals surface area contributed by atoms with Crippen molar-refractivity contribution in [3.8, 4) is 0 Å². The van der Waals surface area contributed by atoms with Crippen LogP contribution < -0.4 is 5.32 Å². The molecule has 0 amide bonds. The van der Waals surface area contributed by atoms with E-state index in [1.165, 1.54) is 0 Å². The molecule has 0 spiro atoms. The molecule has 1 saturated carbocycles. The van der Waals surface area contributed by atoms with E-state index >= 15 is 0 Å². The SMILES string of the molecule is FC(F)(F)C1(c2cc(CC3CCNCC3)n[nH]2)CC1. The van der Waals surface area contributed by atoms with E-state index in [9.17, 15) is 13.2 Å². The van der Waals surface area contributed by atoms with Crippen molar-refractivity contribution in [3.63, 3.8) is 0 Å². The van der Waals surface area contributed by atoms with Gasteiger partial charge >= 0.3 is 6.18 Å². The minimum Gasteiger partial charge on any atom is -0.317 e. The van der Waals surface area contributed by atoms with Gasteiger partial charge in [0.25, 0.3) is 0 Å². The fourth-order valence-corrected chi connectivity index (χ4v) is 2.93. The molecule has 106 valence electrons. The first-order chi connectivity index (χ1) is 9.01. The van der Waals surface area contributed by atoms with Gasteiger partial charge in [0.05, 0.1) is 11.4 Å². The van der Waals surface area contributed by atoms with Crippen molar-refractivity contribution in [2.75, 3.05) is 13.1 Å². The average Bonchev–Trinajstić information content (AvgIpc) is 3.07. The number of hydrogen-bond acceptors (Lipinski definition) is 2. The number of hydrogen-bond donors (Lipinski definition) is 2. The molecule has 2 fully saturated rings. The van der Waals surface area contributed by atoms with Gasteiger partial charge in [-0.2, -0.15) is 18.3 Å². The molecule has 6 heteroatoms. The standard InChI is InChI=1S/C13H18F3N3/c14-13(15,16)12(3-4-12)11-8-10(18-19-11)7-9-1-5-17-6-2-9/h8-9,17H,1-7H2,(H,18,19). The first-order valence-corrected chi connectivity index (χ1v) is 6.83. The summed E-state index contributed by atoms with van der Waals surface area (Å²) in [6, 6.07) is 1.63. The van der Waals surface area contributed by atoms with Crippen LogP contribution in [0.3, 0.4) is 0 Å². The van der Waals surface area contributed by atoms with Crippen molar-refractivity contribution in [1.29, 1.82) is 0 Å². The summed E-state index contributed by atoms with van der Waals surface area (Å²) < 4.78 is 39.0. The molecule has 1 aromatic rings. The molecule has 0 unspecified atom stereocenters. The van der Waals surface area contributed by atoms with Gasteiger partial charge in [-0.15, -0.1) is 0 Å². The van der Waals surface area contributed by atoms with Crippen LogP contribution in [0.4, 0.5) is 13.2 Å². The summed E-state index contributed by atoms with van der Waals surface area (Å²) in [6.07, 6.45) is -0.853. The maximum atomic E-state index is 13.0. The number of rotatable bonds is 3. The van der Waals surface area contributed by atoms with E-state index in [2.05, 4.69) is 15.5 Å². The summed E-state index contributed by atoms with van der Waals surface area (Å²) >= 11 is 0. The maximum absolute atomic E-state index is 13.0. The Balaban J connectivity index is 1.70. The first-order valence-electron chi connectivity index (χ1n) is 6.83. The Morgan fingerprint density at radius 2 is 1.95 bits per heavy atom. The Labute approximate surface area is 110 Å². The molecular weight excluding hydrogens is 255 g/mol. The summed E-state index contributed by atoms with van der Waals surface area (Å²) in [4.78, 5) is 0. The molecule has 3 nitrogen and oxygen atoms in total. The number of aromatic nitrogens is 2. The van der Waals surface area contributed by atoms with Crippen molar-refractivity contribution in [2.24, 2.45) is 5.92 Å². The minimum atomic E-state index is -4.16. The van der Waals surface area contributed by atoms with E-state index in [-0.39, 0.29) is 18.5 Å². The largest absolute Gasteiger partial charge is 0.399 e. The smallest absolute Gasteiger partial charge is 0.317 e. The van der Waals surface area contributed by atoms with Crippen LogP contribution in [-0.2, 0) is 11.8 Å². The number of halogens is 3. The highest BCUT2D eigenvalue weighted by molar-refractivity contribution is 5.29. The highest BCUT2D eigenvalue weighted by atomic mass is 19.4. The van der Waals surface area contributed by atoms with Crippen LogP contribution in [0.25, 0.3) is 0 Å². The zero-order chi connectivity index (χ0) is 13.5. The van der Waals surface area contributed by atoms with Crippen LogP contribution in [-0.4, -0.2) is 29.5 Å². The normalized spacial score (nSPS) is 23.5. The number of piperidine rings is 1. The van der Waals surface area contributed by atoms with E-state index in [0.717, 1.165) is 38.0 Å². The summed E-state index contributed by atoms with van der Waals surface area (Å²) in [5, 5.41) is 9.99. The Hall–Kier alpha value is -1.04. The third-order valence-electron chi connectivity index (χ3n) is 4.40. The number of nitrogens with zero attached hydrogens (tertiary/aromatic N) is 1. The van der Waals surface area contributed by atoms with E-state index in [1.54, 1.807) is 6.07 Å². The molecule has 0 radical (unpaired) electrons. The predicted molar refractivity (Wildman–Crippen MR) is 64.9 cm³/mol. The van der Waals surface area contributed by atoms with Crippen LogP contribution in [0.15, 0.2) is 6.07 Å². The van der Waals surface area contributed by atoms with E-state index in [4.69, 9.17) is 0 Å². The van der Waals surface area contributed by atoms with Crippen molar-refractivity contribution >= 4 is 0 Å². The molecule has 0 bridgehead atoms. The van der Waals surface area contributed by atoms with Crippen LogP contribution in [0, 0.1) is 5.92 Å². The Kier molecular flexibility index (Phi) is 3.08. The molecule has 1 aliphatic heterocycles. The fourth-order valence-electron chi connectivity index (χ4n) is 2.93. The van der Waals surface area contributed by atoms with Crippen molar-refractivity contribution in [2.45, 2.75) is 43.7 Å². The summed E-state index contributed by atoms with van der Waals surface area (Å²) in [7, 11) is 0. The fraction of sp³-hybridized carbons (Fsp3) is 0.769. The zero-order valence-electron chi connectivity index (χ0n) is 10.7. The molecule has 1 aliphatic carbocycles. The highest BCUT2D eigenvalue weighted by Crippen LogP contribution is 2.58. The van der Waals surface area contributed by atoms with Crippen LogP contribution in [0.2, 0.25) is 0 Å². The molecule has 1 saturated heterocycles. The van der Waals surface area contributed by atoms with Crippen molar-refractivity contribution < 1.29 is 13.2 Å². The predicted octanol–water partition coefficient (Wildman–Crippen LogP) is 2.55. The van der Waals surface area contributed by atoms with E-state index in [0.29, 0.717) is 5.92 Å². The maximum Gasteiger partial charge on any atom is 0.399 e. The molecule has 19 heavy (non-hydrogen) atoms. The lowest BCUT2D eigenvalue weighted by Crippen LogP contribution is -2.29. The third kappa shape index (κ3) is 2.38. The number of H-pyrrole nitrogens is 1. The summed E-state index contributed by atoms with van der Waals surface area (Å²) in [5.41, 5.74) is -0.604. The molecule has 0 aromatic carbocycles. The molecule has 2 heterocycles. The Morgan fingerprint density at radius 1 is 1.26 bits per heavy atom. The summed E-state index contributed by atoms with van der Waals surface area (Å²) in [5.74, 6) is 0.540. The molecule has 2 N–H and O–H groups in total. The first kappa shape index (κ1) is 13.0. The number of alkyl halides is 3. The van der Waals surface area contributed by atoms with Gasteiger partial charge in [-0.1, -0.05) is 0 Å². The highest BCUT2D eigenvalue weighted by Gasteiger charge is 2.65. The topological polar surface area (TPSA) is 40.7 Å². The average molecular weight is 273 g/mol. The molecule has 1 aromatic heterocycles. The second kappa shape index (κ2) is 4.51. The van der Waals surface area contributed by atoms with Gasteiger partial charge in [-0.05, 0) is 57.2 Å². The zero-order valence-corrected chi connectivity index (χ0v) is 10.7.